The highest BCUT2D eigenvalue weighted by Crippen LogP contribution is 2.66. The molecule has 0 bridgehead atoms. The van der Waals surface area contributed by atoms with Crippen molar-refractivity contribution in [3.63, 3.8) is 0 Å². The third-order valence-corrected chi connectivity index (χ3v) is 9.50. The van der Waals surface area contributed by atoms with Gasteiger partial charge in [-0.3, -0.25) is 9.69 Å². The number of rotatable bonds is 6. The van der Waals surface area contributed by atoms with Crippen LogP contribution in [-0.2, 0) is 4.79 Å². The summed E-state index contributed by atoms with van der Waals surface area (Å²) in [4.78, 5) is 14.5. The number of carbonyl (C=O) groups excluding carboxylic acids is 1. The van der Waals surface area contributed by atoms with E-state index in [0.717, 1.165) is 56.7 Å². The Kier molecular flexibility index (Phi) is 6.01. The second kappa shape index (κ2) is 8.26. The summed E-state index contributed by atoms with van der Waals surface area (Å²) < 4.78 is 0. The van der Waals surface area contributed by atoms with Crippen molar-refractivity contribution in [3.05, 3.63) is 48.1 Å². The van der Waals surface area contributed by atoms with Crippen molar-refractivity contribution in [3.8, 4) is 0 Å². The molecule has 0 amide bonds. The summed E-state index contributed by atoms with van der Waals surface area (Å²) in [7, 11) is 0. The Morgan fingerprint density at radius 2 is 1.73 bits per heavy atom. The number of nitrogens with zero attached hydrogens (tertiary/aromatic N) is 1. The van der Waals surface area contributed by atoms with Crippen LogP contribution in [-0.4, -0.2) is 30.3 Å². The van der Waals surface area contributed by atoms with Crippen molar-refractivity contribution >= 4 is 5.78 Å². The maximum atomic E-state index is 12.1. The number of hydrogen-bond acceptors (Lipinski definition) is 2. The van der Waals surface area contributed by atoms with E-state index in [1.54, 1.807) is 11.1 Å². The minimum Gasteiger partial charge on any atom is -0.295 e. The van der Waals surface area contributed by atoms with Crippen molar-refractivity contribution in [2.75, 3.05) is 19.6 Å². The Balaban J connectivity index is 1.58. The fraction of sp³-hybridized carbons (Fsp3) is 0.679. The highest BCUT2D eigenvalue weighted by Gasteiger charge is 2.57. The van der Waals surface area contributed by atoms with Gasteiger partial charge in [0.05, 0.1) is 0 Å². The van der Waals surface area contributed by atoms with Gasteiger partial charge >= 0.3 is 0 Å². The molecule has 3 fully saturated rings. The molecule has 30 heavy (non-hydrogen) atoms. The summed E-state index contributed by atoms with van der Waals surface area (Å²) in [5.74, 6) is 2.81. The van der Waals surface area contributed by atoms with Crippen LogP contribution < -0.4 is 0 Å². The summed E-state index contributed by atoms with van der Waals surface area (Å²) >= 11 is 0. The molecule has 0 aliphatic heterocycles. The van der Waals surface area contributed by atoms with Crippen molar-refractivity contribution in [2.45, 2.75) is 72.1 Å². The normalized spacial score (nSPS) is 39.7. The molecule has 0 aromatic carbocycles. The summed E-state index contributed by atoms with van der Waals surface area (Å²) in [5.41, 5.74) is 5.49. The smallest absolute Gasteiger partial charge is 0.155 e. The lowest BCUT2D eigenvalue weighted by Crippen LogP contribution is -2.49. The van der Waals surface area contributed by atoms with Gasteiger partial charge in [0.25, 0.3) is 0 Å². The molecule has 4 aliphatic rings. The number of hydrogen-bond donors (Lipinski definition) is 0. The van der Waals surface area contributed by atoms with E-state index in [1.165, 1.54) is 37.7 Å². The average Bonchev–Trinajstić information content (AvgIpc) is 3.06. The Hall–Kier alpha value is -1.41. The van der Waals surface area contributed by atoms with E-state index in [2.05, 4.69) is 38.8 Å². The van der Waals surface area contributed by atoms with E-state index in [1.807, 2.05) is 18.2 Å². The van der Waals surface area contributed by atoms with Gasteiger partial charge in [-0.05, 0) is 86.5 Å². The summed E-state index contributed by atoms with van der Waals surface area (Å²) in [6.07, 6.45) is 15.6. The van der Waals surface area contributed by atoms with Crippen molar-refractivity contribution < 1.29 is 4.79 Å². The van der Waals surface area contributed by atoms with Crippen molar-refractivity contribution in [1.29, 1.82) is 0 Å². The number of allylic oxidation sites excluding steroid dienone is 2. The highest BCUT2D eigenvalue weighted by atomic mass is 16.1. The summed E-state index contributed by atoms with van der Waals surface area (Å²) in [6.45, 7) is 18.2. The Morgan fingerprint density at radius 1 is 1.03 bits per heavy atom. The predicted octanol–water partition coefficient (Wildman–Crippen LogP) is 6.51. The Bertz CT molecular complexity index is 778. The molecule has 0 radical (unpaired) electrons. The lowest BCUT2D eigenvalue weighted by atomic mass is 9.47. The third-order valence-electron chi connectivity index (χ3n) is 9.50. The molecular formula is C28H41NO. The van der Waals surface area contributed by atoms with Crippen LogP contribution in [0.5, 0.6) is 0 Å². The molecule has 4 rings (SSSR count). The molecule has 3 saturated carbocycles. The van der Waals surface area contributed by atoms with E-state index >= 15 is 0 Å². The fourth-order valence-corrected chi connectivity index (χ4v) is 8.07. The number of carbonyl (C=O) groups is 1. The number of fused-ring (bicyclic) bond motifs is 5. The van der Waals surface area contributed by atoms with E-state index < -0.39 is 0 Å². The Morgan fingerprint density at radius 3 is 2.43 bits per heavy atom. The van der Waals surface area contributed by atoms with Gasteiger partial charge in [0.1, 0.15) is 0 Å². The molecule has 164 valence electrons. The van der Waals surface area contributed by atoms with E-state index in [0.29, 0.717) is 11.2 Å². The first-order valence-electron chi connectivity index (χ1n) is 12.2. The second-order valence-corrected chi connectivity index (χ2v) is 11.0. The van der Waals surface area contributed by atoms with Gasteiger partial charge < -0.3 is 0 Å². The van der Waals surface area contributed by atoms with Crippen LogP contribution in [0.4, 0.5) is 0 Å². The second-order valence-electron chi connectivity index (χ2n) is 11.0. The van der Waals surface area contributed by atoms with E-state index in [9.17, 15) is 4.79 Å². The molecule has 4 aliphatic carbocycles. The van der Waals surface area contributed by atoms with Gasteiger partial charge in [-0.15, -0.1) is 13.2 Å². The zero-order valence-corrected chi connectivity index (χ0v) is 19.5. The predicted molar refractivity (Wildman–Crippen MR) is 126 cm³/mol. The highest BCUT2D eigenvalue weighted by molar-refractivity contribution is 5.91. The van der Waals surface area contributed by atoms with Gasteiger partial charge in [0, 0.05) is 26.1 Å². The molecule has 0 N–H and O–H groups in total. The van der Waals surface area contributed by atoms with Gasteiger partial charge in [-0.2, -0.15) is 0 Å². The average molecular weight is 408 g/mol. The molecule has 0 unspecified atom stereocenters. The zero-order chi connectivity index (χ0) is 21.5. The zero-order valence-electron chi connectivity index (χ0n) is 19.5. The van der Waals surface area contributed by atoms with Crippen LogP contribution >= 0.6 is 0 Å². The van der Waals surface area contributed by atoms with Crippen LogP contribution in [0.1, 0.15) is 72.1 Å². The summed E-state index contributed by atoms with van der Waals surface area (Å²) in [5, 5.41) is 0. The lowest BCUT2D eigenvalue weighted by molar-refractivity contribution is -0.117. The van der Waals surface area contributed by atoms with Crippen LogP contribution in [0, 0.1) is 28.6 Å². The van der Waals surface area contributed by atoms with E-state index in [4.69, 9.17) is 0 Å². The van der Waals surface area contributed by atoms with Gasteiger partial charge in [-0.25, -0.2) is 0 Å². The molecule has 5 atom stereocenters. The lowest BCUT2D eigenvalue weighted by Gasteiger charge is -2.57. The van der Waals surface area contributed by atoms with Gasteiger partial charge in [0.2, 0.25) is 0 Å². The molecule has 0 spiro atoms. The standard InChI is InChI=1S/C28H41NO/c1-6-16-29(17-7-2)19-20(3)24-10-11-25-23-9-8-21-18-22(30)12-14-27(21,4)26(23)13-15-28(24,25)5/h6-7,18,23,25-26H,1-2,8-17,19H2,3-5H3/t23-,25-,26-,27-,28+/m0/s1. The van der Waals surface area contributed by atoms with Crippen LogP contribution in [0.15, 0.2) is 48.1 Å². The maximum absolute atomic E-state index is 12.1. The third kappa shape index (κ3) is 3.49. The molecule has 0 heterocycles. The first-order valence-corrected chi connectivity index (χ1v) is 12.2. The first kappa shape index (κ1) is 21.8. The minimum atomic E-state index is 0.282. The van der Waals surface area contributed by atoms with Gasteiger partial charge in [-0.1, -0.05) is 42.7 Å². The quantitative estimate of drug-likeness (QED) is 0.468. The largest absolute Gasteiger partial charge is 0.295 e. The first-order chi connectivity index (χ1) is 14.3. The molecule has 0 saturated heterocycles. The SMILES string of the molecule is C=CCN(CC=C)CC(C)=C1CC[C@H]2[C@@H]3CCC4=CC(=O)CC[C@]4(C)[C@H]3CC[C@]12C. The molecule has 2 heteroatoms. The van der Waals surface area contributed by atoms with Crippen molar-refractivity contribution in [1.82, 2.24) is 4.90 Å². The van der Waals surface area contributed by atoms with Crippen molar-refractivity contribution in [2.24, 2.45) is 28.6 Å². The fourth-order valence-electron chi connectivity index (χ4n) is 8.07. The number of ketones is 1. The topological polar surface area (TPSA) is 20.3 Å². The summed E-state index contributed by atoms with van der Waals surface area (Å²) in [6, 6.07) is 0. The molecular weight excluding hydrogens is 366 g/mol. The monoisotopic (exact) mass is 407 g/mol. The Labute approximate surface area is 184 Å². The molecule has 0 aromatic rings. The maximum Gasteiger partial charge on any atom is 0.155 e. The van der Waals surface area contributed by atoms with Gasteiger partial charge in [0.15, 0.2) is 5.78 Å². The van der Waals surface area contributed by atoms with E-state index in [-0.39, 0.29) is 5.41 Å². The van der Waals surface area contributed by atoms with Crippen LogP contribution in [0.2, 0.25) is 0 Å². The molecule has 0 aromatic heterocycles. The van der Waals surface area contributed by atoms with Crippen LogP contribution in [0.3, 0.4) is 0 Å². The molecule has 2 nitrogen and oxygen atoms in total. The van der Waals surface area contributed by atoms with Crippen LogP contribution in [0.25, 0.3) is 0 Å². The minimum absolute atomic E-state index is 0.282.